The average molecular weight is 727 g/mol. The van der Waals surface area contributed by atoms with Crippen LogP contribution in [0.15, 0.2) is 182 Å². The number of rotatable bonds is 4. The van der Waals surface area contributed by atoms with Gasteiger partial charge in [0.2, 0.25) is 11.9 Å². The minimum Gasteiger partial charge on any atom is -0.308 e. The van der Waals surface area contributed by atoms with Crippen molar-refractivity contribution in [3.63, 3.8) is 0 Å². The van der Waals surface area contributed by atoms with Gasteiger partial charge in [-0.2, -0.15) is 15.0 Å². The van der Waals surface area contributed by atoms with E-state index in [-0.39, 0.29) is 0 Å². The minimum atomic E-state index is 0.561. The van der Waals surface area contributed by atoms with Gasteiger partial charge in [-0.3, -0.25) is 9.13 Å². The Hall–Kier alpha value is -7.83. The van der Waals surface area contributed by atoms with Gasteiger partial charge in [0, 0.05) is 48.7 Å². The number of benzene rings is 8. The molecule has 0 aliphatic rings. The summed E-state index contributed by atoms with van der Waals surface area (Å²) in [5, 5.41) is 9.58. The predicted octanol–water partition coefficient (Wildman–Crippen LogP) is 12.5. The molecule has 5 aromatic heterocycles. The molecule has 0 bridgehead atoms. The van der Waals surface area contributed by atoms with Crippen molar-refractivity contribution < 1.29 is 0 Å². The Morgan fingerprint density at radius 3 is 1.49 bits per heavy atom. The third-order valence-electron chi connectivity index (χ3n) is 11.9. The smallest absolute Gasteiger partial charge is 0.240 e. The van der Waals surface area contributed by atoms with Crippen LogP contribution in [0.3, 0.4) is 0 Å². The average Bonchev–Trinajstić information content (AvgIpc) is 4.01. The van der Waals surface area contributed by atoms with Gasteiger partial charge in [0.05, 0.1) is 38.6 Å². The van der Waals surface area contributed by atoms with Crippen LogP contribution in [0.5, 0.6) is 0 Å². The molecule has 6 nitrogen and oxygen atoms in total. The van der Waals surface area contributed by atoms with Crippen molar-refractivity contribution in [2.24, 2.45) is 0 Å². The van der Waals surface area contributed by atoms with Crippen LogP contribution >= 0.6 is 0 Å². The Kier molecular flexibility index (Phi) is 6.07. The van der Waals surface area contributed by atoms with Crippen LogP contribution in [0.2, 0.25) is 0 Å². The molecule has 0 saturated heterocycles. The summed E-state index contributed by atoms with van der Waals surface area (Å²) >= 11 is 0. The second kappa shape index (κ2) is 11.4. The van der Waals surface area contributed by atoms with Crippen LogP contribution < -0.4 is 0 Å². The van der Waals surface area contributed by atoms with E-state index in [0.29, 0.717) is 17.7 Å². The first kappa shape index (κ1) is 30.5. The summed E-state index contributed by atoms with van der Waals surface area (Å²) < 4.78 is 6.81. The molecule has 0 unspecified atom stereocenters. The SMILES string of the molecule is c1ccc(-c2cccc3c2c2ccccc2n3-c2nc(-c3ccc4c5cccc6c7ccccc7n(c4c3)c65)nc(-n3c4ccccc4c4ccccc43)n2)cc1. The Balaban J connectivity index is 1.14. The number of hydrogen-bond acceptors (Lipinski definition) is 3. The molecule has 0 radical (unpaired) electrons. The van der Waals surface area contributed by atoms with Crippen molar-refractivity contribution >= 4 is 81.7 Å². The van der Waals surface area contributed by atoms with Crippen molar-refractivity contribution in [3.05, 3.63) is 182 Å². The van der Waals surface area contributed by atoms with Crippen LogP contribution in [-0.2, 0) is 0 Å². The number of nitrogens with zero attached hydrogens (tertiary/aromatic N) is 6. The van der Waals surface area contributed by atoms with Gasteiger partial charge in [-0.05, 0) is 47.5 Å². The van der Waals surface area contributed by atoms with Gasteiger partial charge >= 0.3 is 0 Å². The highest BCUT2D eigenvalue weighted by Crippen LogP contribution is 2.41. The van der Waals surface area contributed by atoms with E-state index < -0.39 is 0 Å². The maximum absolute atomic E-state index is 5.41. The van der Waals surface area contributed by atoms with E-state index in [4.69, 9.17) is 15.0 Å². The van der Waals surface area contributed by atoms with Crippen LogP contribution in [0.25, 0.3) is 116 Å². The van der Waals surface area contributed by atoms with Gasteiger partial charge in [-0.15, -0.1) is 0 Å². The zero-order valence-electron chi connectivity index (χ0n) is 30.5. The standard InChI is InChI=1S/C51H30N6/c1-2-14-31(15-3-1)33-20-13-27-45-47(33)40-19-7-11-26-44(40)57(45)51-53-49(52-50(54-51)56-42-24-9-4-16-34(42)35-17-5-10-25-43(35)56)32-28-29-37-39-22-12-21-38-36-18-6-8-23-41(36)55(48(38)39)46(37)30-32/h1-30H. The summed E-state index contributed by atoms with van der Waals surface area (Å²) in [4.78, 5) is 16.2. The van der Waals surface area contributed by atoms with E-state index in [1.807, 2.05) is 0 Å². The lowest BCUT2D eigenvalue weighted by atomic mass is 9.99. The van der Waals surface area contributed by atoms with Crippen molar-refractivity contribution in [2.45, 2.75) is 0 Å². The molecule has 0 aliphatic heterocycles. The largest absolute Gasteiger partial charge is 0.308 e. The molecule has 0 amide bonds. The fourth-order valence-electron chi connectivity index (χ4n) is 9.48. The first-order valence-electron chi connectivity index (χ1n) is 19.3. The Bertz CT molecular complexity index is 3700. The topological polar surface area (TPSA) is 52.9 Å². The van der Waals surface area contributed by atoms with E-state index in [2.05, 4.69) is 196 Å². The molecular weight excluding hydrogens is 697 g/mol. The summed E-state index contributed by atoms with van der Waals surface area (Å²) in [6.07, 6.45) is 0. The van der Waals surface area contributed by atoms with Gasteiger partial charge in [0.15, 0.2) is 5.82 Å². The Morgan fingerprint density at radius 2 is 0.807 bits per heavy atom. The molecular formula is C51H30N6. The summed E-state index contributed by atoms with van der Waals surface area (Å²) in [5.41, 5.74) is 11.0. The summed E-state index contributed by atoms with van der Waals surface area (Å²) in [5.74, 6) is 1.73. The van der Waals surface area contributed by atoms with Crippen LogP contribution in [0.1, 0.15) is 0 Å². The van der Waals surface area contributed by atoms with Gasteiger partial charge < -0.3 is 4.40 Å². The summed E-state index contributed by atoms with van der Waals surface area (Å²) in [7, 11) is 0. The monoisotopic (exact) mass is 726 g/mol. The highest BCUT2D eigenvalue weighted by molar-refractivity contribution is 6.23. The molecule has 8 aromatic carbocycles. The first-order chi connectivity index (χ1) is 28.3. The van der Waals surface area contributed by atoms with Crippen molar-refractivity contribution in [3.8, 4) is 34.4 Å². The number of aromatic nitrogens is 6. The lowest BCUT2D eigenvalue weighted by molar-refractivity contribution is 0.893. The highest BCUT2D eigenvalue weighted by atomic mass is 15.3. The molecule has 13 rings (SSSR count). The number of para-hydroxylation sites is 5. The van der Waals surface area contributed by atoms with E-state index >= 15 is 0 Å². The predicted molar refractivity (Wildman–Crippen MR) is 234 cm³/mol. The van der Waals surface area contributed by atoms with E-state index in [9.17, 15) is 0 Å². The normalized spacial score (nSPS) is 12.2. The van der Waals surface area contributed by atoms with Gasteiger partial charge in [0.1, 0.15) is 0 Å². The lowest BCUT2D eigenvalue weighted by Crippen LogP contribution is -2.10. The first-order valence-corrected chi connectivity index (χ1v) is 19.3. The maximum Gasteiger partial charge on any atom is 0.240 e. The second-order valence-corrected chi connectivity index (χ2v) is 14.8. The minimum absolute atomic E-state index is 0.561. The zero-order chi connectivity index (χ0) is 37.2. The lowest BCUT2D eigenvalue weighted by Gasteiger charge is -2.13. The molecule has 0 atom stereocenters. The third-order valence-corrected chi connectivity index (χ3v) is 11.9. The number of hydrogen-bond donors (Lipinski definition) is 0. The van der Waals surface area contributed by atoms with Crippen molar-refractivity contribution in [2.75, 3.05) is 0 Å². The van der Waals surface area contributed by atoms with Crippen molar-refractivity contribution in [1.82, 2.24) is 28.5 Å². The van der Waals surface area contributed by atoms with E-state index in [0.717, 1.165) is 49.3 Å². The van der Waals surface area contributed by atoms with Crippen LogP contribution in [0.4, 0.5) is 0 Å². The molecule has 0 aliphatic carbocycles. The molecule has 57 heavy (non-hydrogen) atoms. The fourth-order valence-corrected chi connectivity index (χ4v) is 9.48. The van der Waals surface area contributed by atoms with Crippen LogP contribution in [-0.4, -0.2) is 28.5 Å². The Morgan fingerprint density at radius 1 is 0.316 bits per heavy atom. The quantitative estimate of drug-likeness (QED) is 0.181. The van der Waals surface area contributed by atoms with Crippen LogP contribution in [0, 0.1) is 0 Å². The summed E-state index contributed by atoms with van der Waals surface area (Å²) in [6.45, 7) is 0. The molecule has 0 fully saturated rings. The molecule has 0 N–H and O–H groups in total. The second-order valence-electron chi connectivity index (χ2n) is 14.8. The maximum atomic E-state index is 5.41. The van der Waals surface area contributed by atoms with E-state index in [1.54, 1.807) is 0 Å². The van der Waals surface area contributed by atoms with E-state index in [1.165, 1.54) is 49.1 Å². The number of fused-ring (bicyclic) bond motifs is 12. The summed E-state index contributed by atoms with van der Waals surface area (Å²) in [6, 6.07) is 64.7. The van der Waals surface area contributed by atoms with Gasteiger partial charge in [-0.25, -0.2) is 0 Å². The Labute approximate surface area is 325 Å². The van der Waals surface area contributed by atoms with Crippen molar-refractivity contribution in [1.29, 1.82) is 0 Å². The highest BCUT2D eigenvalue weighted by Gasteiger charge is 2.23. The molecule has 5 heterocycles. The molecule has 0 spiro atoms. The van der Waals surface area contributed by atoms with Gasteiger partial charge in [-0.1, -0.05) is 146 Å². The van der Waals surface area contributed by atoms with Gasteiger partial charge in [0.25, 0.3) is 0 Å². The third kappa shape index (κ3) is 4.16. The molecule has 13 aromatic rings. The molecule has 6 heteroatoms. The molecule has 0 saturated carbocycles. The fraction of sp³-hybridized carbons (Fsp3) is 0. The molecule has 264 valence electrons. The zero-order valence-corrected chi connectivity index (χ0v) is 30.5.